The molecular weight excluding hydrogens is 208 g/mol. The second-order valence-electron chi connectivity index (χ2n) is 3.68. The Balaban J connectivity index is 0.000000557. The van der Waals surface area contributed by atoms with E-state index in [1.165, 1.54) is 18.4 Å². The van der Waals surface area contributed by atoms with Gasteiger partial charge in [0.05, 0.1) is 7.11 Å². The smallest absolute Gasteiger partial charge is 0.118 e. The minimum absolute atomic E-state index is 0.878. The van der Waals surface area contributed by atoms with E-state index >= 15 is 0 Å². The van der Waals surface area contributed by atoms with Crippen LogP contribution in [0.5, 0.6) is 5.75 Å². The topological polar surface area (TPSA) is 9.23 Å². The fraction of sp³-hybridized carbons (Fsp3) is 0.375. The van der Waals surface area contributed by atoms with E-state index in [0.29, 0.717) is 0 Å². The summed E-state index contributed by atoms with van der Waals surface area (Å²) in [6.07, 6.45) is 6.52. The molecule has 0 saturated carbocycles. The molecule has 0 bridgehead atoms. The number of hydrogen-bond acceptors (Lipinski definition) is 1. The summed E-state index contributed by atoms with van der Waals surface area (Å²) in [5.41, 5.74) is 2.31. The van der Waals surface area contributed by atoms with E-state index in [4.69, 9.17) is 4.74 Å². The van der Waals surface area contributed by atoms with Gasteiger partial charge in [0.25, 0.3) is 0 Å². The normalized spacial score (nSPS) is 10.2. The lowest BCUT2D eigenvalue weighted by Crippen LogP contribution is -1.83. The second kappa shape index (κ2) is 9.71. The molecule has 0 spiro atoms. The Hall–Kier alpha value is -1.50. The first-order valence-corrected chi connectivity index (χ1v) is 6.16. The predicted octanol–water partition coefficient (Wildman–Crippen LogP) is 5.09. The number of methoxy groups -OCH3 is 1. The molecule has 0 aromatic heterocycles. The zero-order valence-electron chi connectivity index (χ0n) is 11.5. The summed E-state index contributed by atoms with van der Waals surface area (Å²) in [5, 5.41) is 0. The Morgan fingerprint density at radius 1 is 1.18 bits per heavy atom. The van der Waals surface area contributed by atoms with Gasteiger partial charge in [0.2, 0.25) is 0 Å². The largest absolute Gasteiger partial charge is 0.497 e. The van der Waals surface area contributed by atoms with Crippen molar-refractivity contribution in [3.05, 3.63) is 48.6 Å². The van der Waals surface area contributed by atoms with E-state index in [-0.39, 0.29) is 0 Å². The van der Waals surface area contributed by atoms with Crippen LogP contribution in [0.1, 0.15) is 39.2 Å². The first-order chi connectivity index (χ1) is 8.23. The lowest BCUT2D eigenvalue weighted by molar-refractivity contribution is 0.415. The Morgan fingerprint density at radius 2 is 1.71 bits per heavy atom. The van der Waals surface area contributed by atoms with E-state index in [1.54, 1.807) is 7.11 Å². The first kappa shape index (κ1) is 15.5. The van der Waals surface area contributed by atoms with Crippen LogP contribution in [0.25, 0.3) is 5.57 Å². The maximum absolute atomic E-state index is 5.07. The summed E-state index contributed by atoms with van der Waals surface area (Å²) in [5.74, 6) is 0.878. The van der Waals surface area contributed by atoms with Crippen molar-refractivity contribution in [2.75, 3.05) is 7.11 Å². The number of ether oxygens (including phenoxy) is 1. The number of rotatable bonds is 4. The minimum Gasteiger partial charge on any atom is -0.497 e. The highest BCUT2D eigenvalue weighted by Crippen LogP contribution is 2.18. The van der Waals surface area contributed by atoms with E-state index in [1.807, 2.05) is 43.3 Å². The van der Waals surface area contributed by atoms with Crippen molar-refractivity contribution in [1.82, 2.24) is 0 Å². The molecule has 1 aromatic carbocycles. The highest BCUT2D eigenvalue weighted by molar-refractivity contribution is 5.73. The third-order valence-corrected chi connectivity index (χ3v) is 2.45. The van der Waals surface area contributed by atoms with Gasteiger partial charge in [-0.15, -0.1) is 0 Å². The Kier molecular flexibility index (Phi) is 8.85. The van der Waals surface area contributed by atoms with Crippen LogP contribution in [0.15, 0.2) is 43.0 Å². The molecule has 1 nitrogen and oxygen atoms in total. The molecule has 94 valence electrons. The molecular formula is C16H24O. The zero-order chi connectivity index (χ0) is 13.1. The molecule has 0 aliphatic heterocycles. The number of benzene rings is 1. The molecule has 0 N–H and O–H groups in total. The monoisotopic (exact) mass is 232 g/mol. The summed E-state index contributed by atoms with van der Waals surface area (Å²) >= 11 is 0. The van der Waals surface area contributed by atoms with Crippen molar-refractivity contribution in [3.63, 3.8) is 0 Å². The summed E-state index contributed by atoms with van der Waals surface area (Å²) in [4.78, 5) is 0. The average Bonchev–Trinajstić information content (AvgIpc) is 2.41. The van der Waals surface area contributed by atoms with Gasteiger partial charge in [-0.1, -0.05) is 57.6 Å². The highest BCUT2D eigenvalue weighted by atomic mass is 16.5. The van der Waals surface area contributed by atoms with Crippen LogP contribution in [0.2, 0.25) is 0 Å². The molecule has 17 heavy (non-hydrogen) atoms. The lowest BCUT2D eigenvalue weighted by atomic mass is 10.1. The predicted molar refractivity (Wildman–Crippen MR) is 77.4 cm³/mol. The van der Waals surface area contributed by atoms with Crippen LogP contribution < -0.4 is 4.74 Å². The molecule has 1 heteroatoms. The van der Waals surface area contributed by atoms with Gasteiger partial charge in [0.15, 0.2) is 0 Å². The molecule has 0 fully saturated rings. The van der Waals surface area contributed by atoms with E-state index in [0.717, 1.165) is 11.3 Å². The molecule has 1 aromatic rings. The Morgan fingerprint density at radius 3 is 2.00 bits per heavy atom. The standard InChI is InChI=1S/C12H14O.C4H10/c1-4-10(5-2)11-6-8-12(13-3)9-7-11;1-3-4-2/h4-9H,1H2,2-3H3;3-4H2,1-2H3/b10-5+;. The molecule has 0 atom stereocenters. The van der Waals surface area contributed by atoms with Crippen LogP contribution in [-0.4, -0.2) is 7.11 Å². The van der Waals surface area contributed by atoms with Crippen molar-refractivity contribution in [2.24, 2.45) is 0 Å². The van der Waals surface area contributed by atoms with Crippen LogP contribution in [0, 0.1) is 0 Å². The SMILES string of the molecule is C=C/C(=C\C)c1ccc(OC)cc1.CCCC. The Bertz CT molecular complexity index is 331. The number of unbranched alkanes of at least 4 members (excludes halogenated alkanes) is 1. The number of allylic oxidation sites excluding steroid dienone is 3. The van der Waals surface area contributed by atoms with Gasteiger partial charge in [-0.05, 0) is 30.2 Å². The van der Waals surface area contributed by atoms with Gasteiger partial charge in [-0.25, -0.2) is 0 Å². The van der Waals surface area contributed by atoms with Gasteiger partial charge >= 0.3 is 0 Å². The van der Waals surface area contributed by atoms with Crippen molar-refractivity contribution < 1.29 is 4.74 Å². The molecule has 0 heterocycles. The van der Waals surface area contributed by atoms with Crippen LogP contribution >= 0.6 is 0 Å². The van der Waals surface area contributed by atoms with Crippen molar-refractivity contribution in [1.29, 1.82) is 0 Å². The van der Waals surface area contributed by atoms with E-state index in [9.17, 15) is 0 Å². The molecule has 0 unspecified atom stereocenters. The maximum atomic E-state index is 5.07. The fourth-order valence-electron chi connectivity index (χ4n) is 1.19. The van der Waals surface area contributed by atoms with Gasteiger partial charge in [-0.2, -0.15) is 0 Å². The first-order valence-electron chi connectivity index (χ1n) is 6.16. The molecule has 0 aliphatic rings. The molecule has 1 rings (SSSR count). The highest BCUT2D eigenvalue weighted by Gasteiger charge is 1.95. The van der Waals surface area contributed by atoms with Gasteiger partial charge in [0, 0.05) is 0 Å². The van der Waals surface area contributed by atoms with Gasteiger partial charge in [-0.3, -0.25) is 0 Å². The van der Waals surface area contributed by atoms with Crippen molar-refractivity contribution in [2.45, 2.75) is 33.6 Å². The maximum Gasteiger partial charge on any atom is 0.118 e. The van der Waals surface area contributed by atoms with Crippen LogP contribution in [-0.2, 0) is 0 Å². The fourth-order valence-corrected chi connectivity index (χ4v) is 1.19. The summed E-state index contributed by atoms with van der Waals surface area (Å²) < 4.78 is 5.07. The second-order valence-corrected chi connectivity index (χ2v) is 3.68. The average molecular weight is 232 g/mol. The van der Waals surface area contributed by atoms with Gasteiger partial charge < -0.3 is 4.74 Å². The molecule has 0 saturated heterocycles. The Labute approximate surface area is 106 Å². The van der Waals surface area contributed by atoms with Crippen LogP contribution in [0.3, 0.4) is 0 Å². The van der Waals surface area contributed by atoms with Crippen molar-refractivity contribution >= 4 is 5.57 Å². The van der Waals surface area contributed by atoms with Gasteiger partial charge in [0.1, 0.15) is 5.75 Å². The quantitative estimate of drug-likeness (QED) is 0.657. The number of hydrogen-bond donors (Lipinski definition) is 0. The minimum atomic E-state index is 0.878. The molecule has 0 aliphatic carbocycles. The summed E-state index contributed by atoms with van der Waals surface area (Å²) in [7, 11) is 1.67. The summed E-state index contributed by atoms with van der Waals surface area (Å²) in [6.45, 7) is 10.1. The van der Waals surface area contributed by atoms with E-state index < -0.39 is 0 Å². The van der Waals surface area contributed by atoms with Crippen molar-refractivity contribution in [3.8, 4) is 5.75 Å². The zero-order valence-corrected chi connectivity index (χ0v) is 11.5. The summed E-state index contributed by atoms with van der Waals surface area (Å²) in [6, 6.07) is 7.94. The third kappa shape index (κ3) is 5.96. The lowest BCUT2D eigenvalue weighted by Gasteiger charge is -2.03. The third-order valence-electron chi connectivity index (χ3n) is 2.45. The molecule has 0 radical (unpaired) electrons. The van der Waals surface area contributed by atoms with E-state index in [2.05, 4.69) is 20.4 Å². The van der Waals surface area contributed by atoms with Crippen LogP contribution in [0.4, 0.5) is 0 Å². The molecule has 0 amide bonds.